The van der Waals surface area contributed by atoms with Crippen molar-refractivity contribution in [1.29, 1.82) is 0 Å². The van der Waals surface area contributed by atoms with Crippen molar-refractivity contribution in [3.8, 4) is 0 Å². The van der Waals surface area contributed by atoms with Crippen LogP contribution in [0.15, 0.2) is 24.3 Å². The molecule has 1 N–H and O–H groups in total. The predicted molar refractivity (Wildman–Crippen MR) is 84.4 cm³/mol. The molecular formula is C17H25NO3. The van der Waals surface area contributed by atoms with Crippen LogP contribution in [0.3, 0.4) is 0 Å². The molecule has 0 aliphatic heterocycles. The molecule has 1 atom stereocenters. The van der Waals surface area contributed by atoms with Gasteiger partial charge in [-0.3, -0.25) is 9.59 Å². The average molecular weight is 291 g/mol. The van der Waals surface area contributed by atoms with Gasteiger partial charge in [-0.1, -0.05) is 38.5 Å². The Morgan fingerprint density at radius 1 is 1.14 bits per heavy atom. The van der Waals surface area contributed by atoms with E-state index in [1.165, 1.54) is 0 Å². The Morgan fingerprint density at radius 2 is 1.67 bits per heavy atom. The van der Waals surface area contributed by atoms with Crippen LogP contribution in [0.1, 0.15) is 39.2 Å². The van der Waals surface area contributed by atoms with Gasteiger partial charge in [-0.25, -0.2) is 0 Å². The standard InChI is InChI=1S/C17H25NO3/c1-5-14(6-2)16(19)18(11-13(4)17(20)21)15-9-7-12(3)8-10-15/h7-10,13-14H,5-6,11H2,1-4H3,(H,20,21). The second kappa shape index (κ2) is 7.81. The number of carbonyl (C=O) groups is 2. The van der Waals surface area contributed by atoms with Gasteiger partial charge in [0.2, 0.25) is 5.91 Å². The van der Waals surface area contributed by atoms with Crippen molar-refractivity contribution in [2.45, 2.75) is 40.5 Å². The van der Waals surface area contributed by atoms with Crippen LogP contribution in [0.5, 0.6) is 0 Å². The van der Waals surface area contributed by atoms with E-state index in [2.05, 4.69) is 0 Å². The van der Waals surface area contributed by atoms with Gasteiger partial charge in [0.25, 0.3) is 0 Å². The largest absolute Gasteiger partial charge is 0.481 e. The van der Waals surface area contributed by atoms with E-state index in [9.17, 15) is 9.59 Å². The topological polar surface area (TPSA) is 57.6 Å². The Labute approximate surface area is 126 Å². The van der Waals surface area contributed by atoms with Crippen LogP contribution in [-0.4, -0.2) is 23.5 Å². The maximum atomic E-state index is 12.7. The lowest BCUT2D eigenvalue weighted by molar-refractivity contribution is -0.140. The summed E-state index contributed by atoms with van der Waals surface area (Å²) in [4.78, 5) is 25.4. The highest BCUT2D eigenvalue weighted by molar-refractivity contribution is 5.95. The minimum atomic E-state index is -0.885. The number of carboxylic acids is 1. The fourth-order valence-electron chi connectivity index (χ4n) is 2.26. The summed E-state index contributed by atoms with van der Waals surface area (Å²) < 4.78 is 0. The highest BCUT2D eigenvalue weighted by atomic mass is 16.4. The average Bonchev–Trinajstić information content (AvgIpc) is 2.46. The third kappa shape index (κ3) is 4.59. The molecule has 0 heterocycles. The Hall–Kier alpha value is -1.84. The van der Waals surface area contributed by atoms with Crippen LogP contribution in [-0.2, 0) is 9.59 Å². The van der Waals surface area contributed by atoms with Crippen molar-refractivity contribution in [3.05, 3.63) is 29.8 Å². The zero-order valence-electron chi connectivity index (χ0n) is 13.3. The van der Waals surface area contributed by atoms with Crippen molar-refractivity contribution in [3.63, 3.8) is 0 Å². The number of anilines is 1. The van der Waals surface area contributed by atoms with Crippen molar-refractivity contribution >= 4 is 17.6 Å². The van der Waals surface area contributed by atoms with Crippen LogP contribution in [0, 0.1) is 18.8 Å². The van der Waals surface area contributed by atoms with Gasteiger partial charge < -0.3 is 10.0 Å². The summed E-state index contributed by atoms with van der Waals surface area (Å²) in [6.45, 7) is 7.79. The number of nitrogens with zero attached hydrogens (tertiary/aromatic N) is 1. The molecule has 1 rings (SSSR count). The molecule has 1 aromatic carbocycles. The summed E-state index contributed by atoms with van der Waals surface area (Å²) >= 11 is 0. The number of hydrogen-bond acceptors (Lipinski definition) is 2. The van der Waals surface area contributed by atoms with E-state index in [4.69, 9.17) is 5.11 Å². The van der Waals surface area contributed by atoms with Gasteiger partial charge in [0, 0.05) is 18.2 Å². The molecule has 1 unspecified atom stereocenters. The molecule has 1 amide bonds. The van der Waals surface area contributed by atoms with Crippen LogP contribution in [0.2, 0.25) is 0 Å². The van der Waals surface area contributed by atoms with E-state index >= 15 is 0 Å². The van der Waals surface area contributed by atoms with Gasteiger partial charge in [0.15, 0.2) is 0 Å². The number of hydrogen-bond donors (Lipinski definition) is 1. The smallest absolute Gasteiger partial charge is 0.308 e. The van der Waals surface area contributed by atoms with Crippen LogP contribution in [0.25, 0.3) is 0 Å². The van der Waals surface area contributed by atoms with Crippen molar-refractivity contribution in [1.82, 2.24) is 0 Å². The maximum absolute atomic E-state index is 12.7. The third-order valence-electron chi connectivity index (χ3n) is 3.82. The lowest BCUT2D eigenvalue weighted by Gasteiger charge is -2.28. The van der Waals surface area contributed by atoms with Gasteiger partial charge in [0.05, 0.1) is 5.92 Å². The quantitative estimate of drug-likeness (QED) is 0.836. The number of carboxylic acid groups (broad SMARTS) is 1. The van der Waals surface area contributed by atoms with E-state index in [-0.39, 0.29) is 18.4 Å². The van der Waals surface area contributed by atoms with Crippen LogP contribution in [0.4, 0.5) is 5.69 Å². The fourth-order valence-corrected chi connectivity index (χ4v) is 2.26. The monoisotopic (exact) mass is 291 g/mol. The van der Waals surface area contributed by atoms with E-state index in [1.54, 1.807) is 11.8 Å². The molecule has 0 aliphatic carbocycles. The SMILES string of the molecule is CCC(CC)C(=O)N(CC(C)C(=O)O)c1ccc(C)cc1. The lowest BCUT2D eigenvalue weighted by atomic mass is 10.00. The molecular weight excluding hydrogens is 266 g/mol. The third-order valence-corrected chi connectivity index (χ3v) is 3.82. The molecule has 0 spiro atoms. The summed E-state index contributed by atoms with van der Waals surface area (Å²) in [5, 5.41) is 9.12. The molecule has 0 radical (unpaired) electrons. The predicted octanol–water partition coefficient (Wildman–Crippen LogP) is 3.48. The first kappa shape index (κ1) is 17.2. The first-order valence-electron chi connectivity index (χ1n) is 7.51. The number of aliphatic carboxylic acids is 1. The minimum absolute atomic E-state index is 0.0111. The summed E-state index contributed by atoms with van der Waals surface area (Å²) in [5.41, 5.74) is 1.88. The van der Waals surface area contributed by atoms with Gasteiger partial charge in [-0.15, -0.1) is 0 Å². The number of aryl methyl sites for hydroxylation is 1. The Kier molecular flexibility index (Phi) is 6.40. The molecule has 0 aliphatic rings. The number of rotatable bonds is 7. The van der Waals surface area contributed by atoms with Crippen molar-refractivity contribution in [2.24, 2.45) is 11.8 Å². The summed E-state index contributed by atoms with van der Waals surface area (Å²) in [7, 11) is 0. The second-order valence-corrected chi connectivity index (χ2v) is 5.54. The number of amides is 1. The van der Waals surface area contributed by atoms with Crippen LogP contribution < -0.4 is 4.90 Å². The zero-order chi connectivity index (χ0) is 16.0. The molecule has 4 nitrogen and oxygen atoms in total. The zero-order valence-corrected chi connectivity index (χ0v) is 13.3. The van der Waals surface area contributed by atoms with Gasteiger partial charge in [0.1, 0.15) is 0 Å². The van der Waals surface area contributed by atoms with E-state index in [0.29, 0.717) is 0 Å². The first-order valence-corrected chi connectivity index (χ1v) is 7.51. The lowest BCUT2D eigenvalue weighted by Crippen LogP contribution is -2.40. The molecule has 0 bridgehead atoms. The molecule has 4 heteroatoms. The first-order chi connectivity index (χ1) is 9.90. The number of benzene rings is 1. The molecule has 21 heavy (non-hydrogen) atoms. The molecule has 0 saturated carbocycles. The normalized spacial score (nSPS) is 12.2. The molecule has 0 fully saturated rings. The Morgan fingerprint density at radius 3 is 2.10 bits per heavy atom. The number of carbonyl (C=O) groups excluding carboxylic acids is 1. The maximum Gasteiger partial charge on any atom is 0.308 e. The fraction of sp³-hybridized carbons (Fsp3) is 0.529. The second-order valence-electron chi connectivity index (χ2n) is 5.54. The highest BCUT2D eigenvalue weighted by Crippen LogP contribution is 2.22. The van der Waals surface area contributed by atoms with Crippen molar-refractivity contribution < 1.29 is 14.7 Å². The van der Waals surface area contributed by atoms with E-state index in [0.717, 1.165) is 24.1 Å². The molecule has 116 valence electrons. The van der Waals surface area contributed by atoms with Crippen LogP contribution >= 0.6 is 0 Å². The van der Waals surface area contributed by atoms with E-state index < -0.39 is 11.9 Å². The Bertz CT molecular complexity index is 477. The van der Waals surface area contributed by atoms with Gasteiger partial charge in [-0.05, 0) is 31.9 Å². The summed E-state index contributed by atoms with van der Waals surface area (Å²) in [6.07, 6.45) is 1.53. The molecule has 1 aromatic rings. The van der Waals surface area contributed by atoms with E-state index in [1.807, 2.05) is 45.0 Å². The summed E-state index contributed by atoms with van der Waals surface area (Å²) in [6, 6.07) is 7.64. The highest BCUT2D eigenvalue weighted by Gasteiger charge is 2.26. The Balaban J connectivity index is 3.07. The van der Waals surface area contributed by atoms with Crippen molar-refractivity contribution in [2.75, 3.05) is 11.4 Å². The molecule has 0 saturated heterocycles. The summed E-state index contributed by atoms with van der Waals surface area (Å²) in [5.74, 6) is -1.53. The van der Waals surface area contributed by atoms with Gasteiger partial charge >= 0.3 is 5.97 Å². The molecule has 0 aromatic heterocycles. The van der Waals surface area contributed by atoms with Gasteiger partial charge in [-0.2, -0.15) is 0 Å². The minimum Gasteiger partial charge on any atom is -0.481 e.